The van der Waals surface area contributed by atoms with Crippen LogP contribution < -0.4 is 5.32 Å². The van der Waals surface area contributed by atoms with Crippen molar-refractivity contribution in [3.05, 3.63) is 41.8 Å². The van der Waals surface area contributed by atoms with Gasteiger partial charge in [0, 0.05) is 30.6 Å². The van der Waals surface area contributed by atoms with Crippen LogP contribution in [0.2, 0.25) is 0 Å². The Balaban J connectivity index is 1.36. The summed E-state index contributed by atoms with van der Waals surface area (Å²) in [6.07, 6.45) is 5.25. The molecule has 0 radical (unpaired) electrons. The number of aryl methyl sites for hydroxylation is 1. The van der Waals surface area contributed by atoms with Crippen molar-refractivity contribution < 1.29 is 14.3 Å². The van der Waals surface area contributed by atoms with E-state index in [1.807, 2.05) is 37.3 Å². The number of benzene rings is 1. The molecule has 1 aromatic heterocycles. The maximum atomic E-state index is 12.7. The lowest BCUT2D eigenvalue weighted by Gasteiger charge is -2.25. The molecule has 1 heterocycles. The first-order valence-electron chi connectivity index (χ1n) is 9.47. The van der Waals surface area contributed by atoms with E-state index in [-0.39, 0.29) is 23.3 Å². The average Bonchev–Trinajstić information content (AvgIpc) is 3.36. The zero-order valence-electron chi connectivity index (χ0n) is 15.3. The number of carbonyl (C=O) groups excluding carboxylic acids is 1. The van der Waals surface area contributed by atoms with Crippen molar-refractivity contribution in [3.63, 3.8) is 0 Å². The molecular weight excluding hydrogens is 328 g/mol. The third-order valence-electron chi connectivity index (χ3n) is 6.36. The fraction of sp³-hybridized carbons (Fsp3) is 0.524. The van der Waals surface area contributed by atoms with Crippen molar-refractivity contribution in [1.82, 2.24) is 10.3 Å². The van der Waals surface area contributed by atoms with Gasteiger partial charge in [-0.3, -0.25) is 4.79 Å². The number of aromatic nitrogens is 1. The molecule has 26 heavy (non-hydrogen) atoms. The molecule has 2 aliphatic carbocycles. The van der Waals surface area contributed by atoms with Gasteiger partial charge in [-0.05, 0) is 56.6 Å². The van der Waals surface area contributed by atoms with E-state index in [2.05, 4.69) is 10.3 Å². The highest BCUT2D eigenvalue weighted by Gasteiger charge is 2.57. The minimum Gasteiger partial charge on any atom is -0.441 e. The van der Waals surface area contributed by atoms with Gasteiger partial charge in [-0.2, -0.15) is 0 Å². The minimum absolute atomic E-state index is 0.00459. The van der Waals surface area contributed by atoms with E-state index < -0.39 is 0 Å². The maximum absolute atomic E-state index is 12.7. The number of aliphatic hydroxyl groups is 1. The maximum Gasteiger partial charge on any atom is 0.226 e. The van der Waals surface area contributed by atoms with E-state index >= 15 is 0 Å². The van der Waals surface area contributed by atoms with E-state index in [0.717, 1.165) is 49.1 Å². The molecule has 2 fully saturated rings. The Kier molecular flexibility index (Phi) is 4.35. The normalized spacial score (nSPS) is 27.0. The molecule has 0 atom stereocenters. The van der Waals surface area contributed by atoms with Gasteiger partial charge >= 0.3 is 0 Å². The Morgan fingerprint density at radius 1 is 1.23 bits per heavy atom. The largest absolute Gasteiger partial charge is 0.441 e. The molecule has 138 valence electrons. The summed E-state index contributed by atoms with van der Waals surface area (Å²) in [5, 5.41) is 12.7. The quantitative estimate of drug-likeness (QED) is 0.835. The summed E-state index contributed by atoms with van der Waals surface area (Å²) in [6.45, 7) is 2.69. The van der Waals surface area contributed by atoms with Crippen LogP contribution in [0, 0.1) is 17.8 Å². The van der Waals surface area contributed by atoms with E-state index in [1.165, 1.54) is 0 Å². The van der Waals surface area contributed by atoms with Crippen LogP contribution >= 0.6 is 0 Å². The molecule has 0 unspecified atom stereocenters. The van der Waals surface area contributed by atoms with Crippen LogP contribution in [0.5, 0.6) is 0 Å². The first kappa shape index (κ1) is 17.3. The number of amides is 1. The molecule has 4 rings (SSSR count). The molecule has 1 aromatic carbocycles. The van der Waals surface area contributed by atoms with Gasteiger partial charge in [-0.25, -0.2) is 4.98 Å². The van der Waals surface area contributed by atoms with Gasteiger partial charge < -0.3 is 14.8 Å². The Hall–Kier alpha value is -2.14. The predicted molar refractivity (Wildman–Crippen MR) is 98.4 cm³/mol. The van der Waals surface area contributed by atoms with Crippen LogP contribution in [0.15, 0.2) is 34.7 Å². The van der Waals surface area contributed by atoms with Gasteiger partial charge in [-0.1, -0.05) is 18.2 Å². The van der Waals surface area contributed by atoms with Gasteiger partial charge in [0.15, 0.2) is 0 Å². The molecule has 2 bridgehead atoms. The van der Waals surface area contributed by atoms with Gasteiger partial charge in [0.25, 0.3) is 0 Å². The topological polar surface area (TPSA) is 75.4 Å². The van der Waals surface area contributed by atoms with E-state index in [0.29, 0.717) is 18.9 Å². The number of carbonyl (C=O) groups is 1. The van der Waals surface area contributed by atoms with Crippen LogP contribution in [-0.4, -0.2) is 29.1 Å². The third-order valence-corrected chi connectivity index (χ3v) is 6.36. The monoisotopic (exact) mass is 354 g/mol. The van der Waals surface area contributed by atoms with E-state index in [9.17, 15) is 9.90 Å². The van der Waals surface area contributed by atoms with Gasteiger partial charge in [0.1, 0.15) is 5.76 Å². The molecular formula is C21H26N2O3. The second-order valence-corrected chi connectivity index (χ2v) is 8.01. The number of oxazole rings is 1. The second-order valence-electron chi connectivity index (χ2n) is 8.01. The van der Waals surface area contributed by atoms with Crippen LogP contribution in [-0.2, 0) is 11.2 Å². The molecule has 0 spiro atoms. The lowest BCUT2D eigenvalue weighted by Crippen LogP contribution is -2.39. The fourth-order valence-corrected chi connectivity index (χ4v) is 4.70. The standard InChI is InChI=1S/C21H26N2O3/c1-15-17(23-18(26-15)16-5-3-2-4-6-16)7-12-22-19(25)21-10-8-20(13-21,14-24)9-11-21/h2-6,24H,7-14H2,1H3,(H,22,25). The number of hydrogen-bond acceptors (Lipinski definition) is 4. The lowest BCUT2D eigenvalue weighted by molar-refractivity contribution is -0.130. The van der Waals surface area contributed by atoms with Gasteiger partial charge in [-0.15, -0.1) is 0 Å². The highest BCUT2D eigenvalue weighted by molar-refractivity contribution is 5.83. The highest BCUT2D eigenvalue weighted by Crippen LogP contribution is 2.61. The van der Waals surface area contributed by atoms with Crippen molar-refractivity contribution >= 4 is 5.91 Å². The first-order chi connectivity index (χ1) is 12.6. The summed E-state index contributed by atoms with van der Waals surface area (Å²) >= 11 is 0. The minimum atomic E-state index is -0.253. The second kappa shape index (κ2) is 6.54. The Morgan fingerprint density at radius 3 is 2.62 bits per heavy atom. The van der Waals surface area contributed by atoms with Crippen LogP contribution in [0.3, 0.4) is 0 Å². The number of fused-ring (bicyclic) bond motifs is 2. The smallest absolute Gasteiger partial charge is 0.226 e. The molecule has 2 saturated carbocycles. The summed E-state index contributed by atoms with van der Waals surface area (Å²) in [5.74, 6) is 1.58. The zero-order chi connectivity index (χ0) is 18.2. The molecule has 5 heteroatoms. The van der Waals surface area contributed by atoms with Crippen LogP contribution in [0.25, 0.3) is 11.5 Å². The number of hydrogen-bond donors (Lipinski definition) is 2. The van der Waals surface area contributed by atoms with Crippen LogP contribution in [0.1, 0.15) is 43.6 Å². The average molecular weight is 354 g/mol. The number of aliphatic hydroxyl groups excluding tert-OH is 1. The summed E-state index contributed by atoms with van der Waals surface area (Å²) in [4.78, 5) is 17.3. The van der Waals surface area contributed by atoms with Crippen molar-refractivity contribution in [2.24, 2.45) is 10.8 Å². The Bertz CT molecular complexity index is 789. The highest BCUT2D eigenvalue weighted by atomic mass is 16.4. The summed E-state index contributed by atoms with van der Waals surface area (Å²) in [5.41, 5.74) is 1.60. The van der Waals surface area contributed by atoms with Gasteiger partial charge in [0.2, 0.25) is 11.8 Å². The predicted octanol–water partition coefficient (Wildman–Crippen LogP) is 3.25. The van der Waals surface area contributed by atoms with E-state index in [4.69, 9.17) is 4.42 Å². The Labute approximate surface area is 153 Å². The molecule has 0 aliphatic heterocycles. The fourth-order valence-electron chi connectivity index (χ4n) is 4.70. The lowest BCUT2D eigenvalue weighted by atomic mass is 9.82. The Morgan fingerprint density at radius 2 is 1.96 bits per heavy atom. The van der Waals surface area contributed by atoms with Crippen LogP contribution in [0.4, 0.5) is 0 Å². The van der Waals surface area contributed by atoms with Crippen molar-refractivity contribution in [3.8, 4) is 11.5 Å². The number of rotatable bonds is 6. The first-order valence-corrected chi connectivity index (χ1v) is 9.47. The van der Waals surface area contributed by atoms with Crippen molar-refractivity contribution in [2.45, 2.75) is 45.4 Å². The van der Waals surface area contributed by atoms with E-state index in [1.54, 1.807) is 0 Å². The molecule has 2 aliphatic rings. The number of nitrogens with zero attached hydrogens (tertiary/aromatic N) is 1. The molecule has 2 aromatic rings. The third kappa shape index (κ3) is 2.94. The summed E-state index contributed by atoms with van der Waals surface area (Å²) in [7, 11) is 0. The van der Waals surface area contributed by atoms with Gasteiger partial charge in [0.05, 0.1) is 5.69 Å². The number of nitrogens with one attached hydrogen (secondary N) is 1. The summed E-state index contributed by atoms with van der Waals surface area (Å²) < 4.78 is 5.78. The molecule has 5 nitrogen and oxygen atoms in total. The molecule has 2 N–H and O–H groups in total. The summed E-state index contributed by atoms with van der Waals surface area (Å²) in [6, 6.07) is 9.84. The molecule has 1 amide bonds. The molecule has 0 saturated heterocycles. The SMILES string of the molecule is Cc1oc(-c2ccccc2)nc1CCNC(=O)C12CCC(CO)(CC1)C2. The van der Waals surface area contributed by atoms with Crippen molar-refractivity contribution in [1.29, 1.82) is 0 Å². The van der Waals surface area contributed by atoms with Crippen molar-refractivity contribution in [2.75, 3.05) is 13.2 Å². The zero-order valence-corrected chi connectivity index (χ0v) is 15.3.